The maximum Gasteiger partial charge on any atom is 0.137 e. The number of hydrogen-bond acceptors (Lipinski definition) is 4. The zero-order valence-electron chi connectivity index (χ0n) is 59.0. The van der Waals surface area contributed by atoms with Gasteiger partial charge in [0.1, 0.15) is 24.0 Å². The zero-order valence-corrected chi connectivity index (χ0v) is 47.0. The van der Waals surface area contributed by atoms with Crippen LogP contribution >= 0.6 is 0 Å². The number of pyridine rings is 1. The number of nitrogens with zero attached hydrogens (tertiary/aromatic N) is 4. The minimum absolute atomic E-state index is 0.0978. The molecule has 0 saturated heterocycles. The minimum Gasteiger partial charge on any atom is -0.457 e. The van der Waals surface area contributed by atoms with Crippen LogP contribution in [0.2, 0.25) is 0 Å². The Balaban J connectivity index is 0.930. The number of hydrogen-bond donors (Lipinski definition) is 0. The third kappa shape index (κ3) is 7.99. The second-order valence-corrected chi connectivity index (χ2v) is 24.2. The van der Waals surface area contributed by atoms with Crippen LogP contribution in [-0.4, -0.2) is 16.2 Å². The topological polar surface area (TPSA) is 33.5 Å². The van der Waals surface area contributed by atoms with Gasteiger partial charge in [-0.2, -0.15) is 0 Å². The number of rotatable bonds is 7. The molecule has 12 aromatic rings. The zero-order chi connectivity index (χ0) is 66.8. The maximum atomic E-state index is 9.78. The fraction of sp³-hybridized carbons (Fsp3) is 0.167. The van der Waals surface area contributed by atoms with Crippen molar-refractivity contribution in [3.05, 3.63) is 286 Å². The molecular formula is C78H66N4O. The van der Waals surface area contributed by atoms with Gasteiger partial charge in [0.05, 0.1) is 39.0 Å². The summed E-state index contributed by atoms with van der Waals surface area (Å²) in [5.74, 6) is 1.43. The lowest BCUT2D eigenvalue weighted by Crippen LogP contribution is -2.34. The Morgan fingerprint density at radius 2 is 1.16 bits per heavy atom. The largest absolute Gasteiger partial charge is 0.457 e. The molecule has 5 nitrogen and oxygen atoms in total. The summed E-state index contributed by atoms with van der Waals surface area (Å²) in [7, 11) is 0. The highest BCUT2D eigenvalue weighted by Crippen LogP contribution is 2.62. The Hall–Kier alpha value is -9.45. The molecule has 0 unspecified atom stereocenters. The lowest BCUT2D eigenvalue weighted by Gasteiger charge is -2.40. The van der Waals surface area contributed by atoms with Gasteiger partial charge < -0.3 is 14.5 Å². The predicted molar refractivity (Wildman–Crippen MR) is 345 cm³/mol. The molecule has 0 radical (unpaired) electrons. The van der Waals surface area contributed by atoms with E-state index in [1.165, 1.54) is 6.07 Å². The van der Waals surface area contributed by atoms with Crippen LogP contribution in [0.15, 0.2) is 231 Å². The second-order valence-electron chi connectivity index (χ2n) is 24.2. The fourth-order valence-electron chi connectivity index (χ4n) is 13.3. The molecule has 83 heavy (non-hydrogen) atoms. The SMILES string of the molecule is [2H]c1c([2H])c([2H])c2c(c1[2H])c1ccc(Oc3cccc(N4CN(c5c(-c6cc(C([2H])([2H])[2H])cc(C([2H])([2H])[2H])c6)cc(C(C)(C)C)cc5-c5cccc6c5-c5ccccc5C65c6ccccc6C([2H])([2H])c6ccccc65)c5ccccc54)c3)cc1n2-c1ccc(C(C)(C)C)cn1. The van der Waals surface area contributed by atoms with E-state index in [0.29, 0.717) is 67.1 Å². The van der Waals surface area contributed by atoms with E-state index in [1.807, 2.05) is 103 Å². The molecule has 1 spiro atoms. The van der Waals surface area contributed by atoms with Gasteiger partial charge in [0, 0.05) is 56.9 Å². The third-order valence-electron chi connectivity index (χ3n) is 17.1. The van der Waals surface area contributed by atoms with Gasteiger partial charge in [-0.05, 0) is 158 Å². The van der Waals surface area contributed by atoms with Gasteiger partial charge in [-0.15, -0.1) is 0 Å². The molecule has 3 aliphatic rings. The smallest absolute Gasteiger partial charge is 0.137 e. The molecule has 1 aliphatic heterocycles. The van der Waals surface area contributed by atoms with Crippen molar-refractivity contribution in [1.29, 1.82) is 0 Å². The summed E-state index contributed by atoms with van der Waals surface area (Å²) >= 11 is 0. The van der Waals surface area contributed by atoms with E-state index in [1.54, 1.807) is 29.0 Å². The van der Waals surface area contributed by atoms with Gasteiger partial charge in [0.15, 0.2) is 0 Å². The second kappa shape index (κ2) is 18.8. The molecule has 2 aromatic heterocycles. The molecule has 10 aromatic carbocycles. The van der Waals surface area contributed by atoms with Crippen LogP contribution < -0.4 is 14.5 Å². The Kier molecular flexibility index (Phi) is 8.85. The minimum atomic E-state index is -2.67. The number of ether oxygens (including phenoxy) is 1. The van der Waals surface area contributed by atoms with Crippen LogP contribution in [0, 0.1) is 13.7 Å². The van der Waals surface area contributed by atoms with Crippen molar-refractivity contribution in [3.8, 4) is 50.7 Å². The van der Waals surface area contributed by atoms with Crippen LogP contribution in [0.4, 0.5) is 22.7 Å². The van der Waals surface area contributed by atoms with Gasteiger partial charge >= 0.3 is 0 Å². The van der Waals surface area contributed by atoms with E-state index in [-0.39, 0.29) is 47.4 Å². The summed E-state index contributed by atoms with van der Waals surface area (Å²) < 4.78 is 117. The average molecular weight is 1090 g/mol. The third-order valence-corrected chi connectivity index (χ3v) is 17.1. The highest BCUT2D eigenvalue weighted by atomic mass is 16.5. The van der Waals surface area contributed by atoms with Crippen molar-refractivity contribution in [2.75, 3.05) is 16.5 Å². The molecule has 3 heterocycles. The molecule has 15 rings (SSSR count). The van der Waals surface area contributed by atoms with Crippen LogP contribution in [0.5, 0.6) is 11.5 Å². The first kappa shape index (κ1) is 39.1. The van der Waals surface area contributed by atoms with E-state index in [2.05, 4.69) is 124 Å². The number of para-hydroxylation sites is 3. The van der Waals surface area contributed by atoms with Crippen LogP contribution in [0.25, 0.3) is 61.0 Å². The molecule has 0 amide bonds. The van der Waals surface area contributed by atoms with Crippen LogP contribution in [0.3, 0.4) is 0 Å². The number of fused-ring (bicyclic) bond motifs is 13. The maximum absolute atomic E-state index is 9.78. The predicted octanol–water partition coefficient (Wildman–Crippen LogP) is 20.0. The summed E-state index contributed by atoms with van der Waals surface area (Å²) in [4.78, 5) is 9.32. The number of anilines is 4. The fourth-order valence-corrected chi connectivity index (χ4v) is 13.3. The first-order chi connectivity index (χ1) is 45.1. The molecule has 5 heteroatoms. The first-order valence-corrected chi connectivity index (χ1v) is 28.3. The summed E-state index contributed by atoms with van der Waals surface area (Å²) in [5.41, 5.74) is 13.7. The van der Waals surface area contributed by atoms with Crippen molar-refractivity contribution >= 4 is 44.6 Å². The van der Waals surface area contributed by atoms with Gasteiger partial charge in [-0.1, -0.05) is 204 Å². The summed E-state index contributed by atoms with van der Waals surface area (Å²) in [6.07, 6.45) is -0.00786. The van der Waals surface area contributed by atoms with Gasteiger partial charge in [-0.25, -0.2) is 4.98 Å². The van der Waals surface area contributed by atoms with Crippen molar-refractivity contribution in [1.82, 2.24) is 9.55 Å². The lowest BCUT2D eigenvalue weighted by molar-refractivity contribution is 0.483. The number of aromatic nitrogens is 2. The standard InChI is InChI=1S/C78H66N4O/c1-49-39-50(2)41-53(40-49)63-43-55(77(6,7)8)44-64(61-27-20-31-68-74(61)62-26-11-15-30-67(62)78(68)65-28-13-9-21-51(65)42-52-22-10-14-29-66(52)78)75(63)81-48-80(70-33-17-18-34-71(70)81)56-23-19-24-57(45-56)83-58-36-37-60-59-25-12-16-32-69(59)82(72(60)46-58)73-38-35-54(47-79-73)76(3,4)5/h9-41,43-47H,42,48H2,1-8H3/i1D3,2D3,12D,16D,25D,32D,42D2. The monoisotopic (exact) mass is 1090 g/mol. The van der Waals surface area contributed by atoms with E-state index >= 15 is 0 Å². The Bertz CT molecular complexity index is 5110. The normalized spacial score (nSPS) is 17.0. The average Bonchev–Trinajstić information content (AvgIpc) is 1.56. The van der Waals surface area contributed by atoms with Crippen LogP contribution in [0.1, 0.15) is 114 Å². The van der Waals surface area contributed by atoms with E-state index in [4.69, 9.17) is 22.1 Å². The number of aryl methyl sites for hydroxylation is 2. The molecule has 0 saturated carbocycles. The molecule has 0 atom stereocenters. The van der Waals surface area contributed by atoms with E-state index in [0.717, 1.165) is 72.7 Å². The first-order valence-electron chi connectivity index (χ1n) is 34.3. The highest BCUT2D eigenvalue weighted by Gasteiger charge is 2.50. The lowest BCUT2D eigenvalue weighted by atomic mass is 9.61. The van der Waals surface area contributed by atoms with Crippen molar-refractivity contribution < 1.29 is 21.2 Å². The molecule has 2 aliphatic carbocycles. The highest BCUT2D eigenvalue weighted by molar-refractivity contribution is 6.10. The molecule has 404 valence electrons. The van der Waals surface area contributed by atoms with Gasteiger partial charge in [0.25, 0.3) is 0 Å². The van der Waals surface area contributed by atoms with Gasteiger partial charge in [0.2, 0.25) is 0 Å². The summed E-state index contributed by atoms with van der Waals surface area (Å²) in [6.45, 7) is 7.61. The van der Waals surface area contributed by atoms with Crippen molar-refractivity contribution in [2.45, 2.75) is 77.9 Å². The molecule has 0 bridgehead atoms. The summed E-state index contributed by atoms with van der Waals surface area (Å²) in [6, 6.07) is 63.6. The molecular weight excluding hydrogens is 1010 g/mol. The number of benzene rings is 10. The Labute approximate surface area is 504 Å². The molecule has 0 fully saturated rings. The Morgan fingerprint density at radius 1 is 0.518 bits per heavy atom. The summed E-state index contributed by atoms with van der Waals surface area (Å²) in [5, 5.41) is 0.980. The Morgan fingerprint density at radius 3 is 1.88 bits per heavy atom. The van der Waals surface area contributed by atoms with E-state index in [9.17, 15) is 4.11 Å². The van der Waals surface area contributed by atoms with Crippen LogP contribution in [-0.2, 0) is 22.6 Å². The van der Waals surface area contributed by atoms with Crippen molar-refractivity contribution in [3.63, 3.8) is 0 Å². The van der Waals surface area contributed by atoms with Crippen molar-refractivity contribution in [2.24, 2.45) is 0 Å². The van der Waals surface area contributed by atoms with E-state index < -0.39 is 30.9 Å². The quantitative estimate of drug-likeness (QED) is 0.159. The van der Waals surface area contributed by atoms with Gasteiger partial charge in [-0.3, -0.25) is 4.57 Å². The molecule has 0 N–H and O–H groups in total.